The van der Waals surface area contributed by atoms with Crippen LogP contribution in [-0.4, -0.2) is 10.9 Å². The number of thioether (sulfide) groups is 1. The van der Waals surface area contributed by atoms with E-state index in [9.17, 15) is 4.79 Å². The number of halogens is 1. The highest BCUT2D eigenvalue weighted by molar-refractivity contribution is 8.13. The molecule has 1 aromatic rings. The lowest BCUT2D eigenvalue weighted by atomic mass is 10.1. The first-order chi connectivity index (χ1) is 7.74. The summed E-state index contributed by atoms with van der Waals surface area (Å²) in [6.45, 7) is 1.57. The van der Waals surface area contributed by atoms with E-state index in [4.69, 9.17) is 11.6 Å². The molecule has 0 fully saturated rings. The molecule has 0 aliphatic rings. The van der Waals surface area contributed by atoms with Crippen molar-refractivity contribution in [2.24, 2.45) is 0 Å². The van der Waals surface area contributed by atoms with E-state index in [-0.39, 0.29) is 5.12 Å². The van der Waals surface area contributed by atoms with Crippen molar-refractivity contribution < 1.29 is 4.79 Å². The summed E-state index contributed by atoms with van der Waals surface area (Å²) < 4.78 is 0. The van der Waals surface area contributed by atoms with Crippen molar-refractivity contribution in [2.45, 2.75) is 19.2 Å². The number of benzene rings is 1. The quantitative estimate of drug-likeness (QED) is 0.466. The lowest BCUT2D eigenvalue weighted by molar-refractivity contribution is -0.109. The van der Waals surface area contributed by atoms with Crippen molar-refractivity contribution in [2.75, 3.05) is 5.75 Å². The summed E-state index contributed by atoms with van der Waals surface area (Å²) >= 11 is 7.11. The van der Waals surface area contributed by atoms with Crippen LogP contribution in [0.4, 0.5) is 0 Å². The van der Waals surface area contributed by atoms with E-state index in [1.807, 2.05) is 24.3 Å². The topological polar surface area (TPSA) is 17.1 Å². The molecule has 0 amide bonds. The Balaban J connectivity index is 2.52. The standard InChI is InChI=1S/C13H13ClOS/c1-11(15)16-9-5-4-7-12-6-2-3-8-13(12)10-14/h2-3,6,8H,5,9-10H2,1H3. The molecule has 0 N–H and O–H groups in total. The van der Waals surface area contributed by atoms with E-state index in [1.165, 1.54) is 11.8 Å². The lowest BCUT2D eigenvalue weighted by Crippen LogP contribution is -1.86. The van der Waals surface area contributed by atoms with Crippen LogP contribution in [0, 0.1) is 11.8 Å². The average molecular weight is 253 g/mol. The van der Waals surface area contributed by atoms with Gasteiger partial charge in [-0.05, 0) is 11.6 Å². The van der Waals surface area contributed by atoms with Gasteiger partial charge in [-0.2, -0.15) is 0 Å². The highest BCUT2D eigenvalue weighted by Crippen LogP contribution is 2.10. The molecule has 84 valence electrons. The van der Waals surface area contributed by atoms with Gasteiger partial charge in [-0.1, -0.05) is 41.8 Å². The Labute approximate surface area is 106 Å². The maximum Gasteiger partial charge on any atom is 0.185 e. The molecule has 0 radical (unpaired) electrons. The molecule has 0 bridgehead atoms. The zero-order chi connectivity index (χ0) is 11.8. The number of alkyl halides is 1. The first-order valence-electron chi connectivity index (χ1n) is 5.00. The predicted octanol–water partition coefficient (Wildman–Crippen LogP) is 3.45. The minimum Gasteiger partial charge on any atom is -0.288 e. The Morgan fingerprint density at radius 1 is 1.44 bits per heavy atom. The van der Waals surface area contributed by atoms with Crippen molar-refractivity contribution in [3.05, 3.63) is 35.4 Å². The van der Waals surface area contributed by atoms with Crippen molar-refractivity contribution in [1.82, 2.24) is 0 Å². The van der Waals surface area contributed by atoms with Gasteiger partial charge in [0.1, 0.15) is 0 Å². The Morgan fingerprint density at radius 2 is 2.19 bits per heavy atom. The molecule has 0 spiro atoms. The first-order valence-corrected chi connectivity index (χ1v) is 6.52. The van der Waals surface area contributed by atoms with Gasteiger partial charge in [0, 0.05) is 30.5 Å². The third kappa shape index (κ3) is 4.74. The fourth-order valence-electron chi connectivity index (χ4n) is 1.16. The third-order valence-corrected chi connectivity index (χ3v) is 3.02. The molecule has 0 unspecified atom stereocenters. The summed E-state index contributed by atoms with van der Waals surface area (Å²) in [5, 5.41) is 0.142. The van der Waals surface area contributed by atoms with E-state index in [1.54, 1.807) is 6.92 Å². The van der Waals surface area contributed by atoms with Gasteiger partial charge in [-0.3, -0.25) is 4.79 Å². The lowest BCUT2D eigenvalue weighted by Gasteiger charge is -1.97. The summed E-state index contributed by atoms with van der Waals surface area (Å²) in [6, 6.07) is 7.84. The summed E-state index contributed by atoms with van der Waals surface area (Å²) in [7, 11) is 0. The molecular weight excluding hydrogens is 240 g/mol. The molecule has 16 heavy (non-hydrogen) atoms. The Bertz CT molecular complexity index is 417. The van der Waals surface area contributed by atoms with E-state index < -0.39 is 0 Å². The second-order valence-corrected chi connectivity index (χ2v) is 4.72. The van der Waals surface area contributed by atoms with E-state index in [0.29, 0.717) is 5.88 Å². The van der Waals surface area contributed by atoms with E-state index in [2.05, 4.69) is 11.8 Å². The molecule has 0 atom stereocenters. The largest absolute Gasteiger partial charge is 0.288 e. The number of hydrogen-bond donors (Lipinski definition) is 0. The van der Waals surface area contributed by atoms with Crippen LogP contribution in [0.3, 0.4) is 0 Å². The molecule has 0 saturated heterocycles. The van der Waals surface area contributed by atoms with Crippen LogP contribution in [0.5, 0.6) is 0 Å². The SMILES string of the molecule is CC(=O)SCCC#Cc1ccccc1CCl. The number of hydrogen-bond acceptors (Lipinski definition) is 2. The van der Waals surface area contributed by atoms with Gasteiger partial charge < -0.3 is 0 Å². The van der Waals surface area contributed by atoms with Crippen LogP contribution < -0.4 is 0 Å². The molecule has 0 saturated carbocycles. The predicted molar refractivity (Wildman–Crippen MR) is 70.6 cm³/mol. The van der Waals surface area contributed by atoms with Crippen molar-refractivity contribution >= 4 is 28.5 Å². The molecule has 1 rings (SSSR count). The summed E-state index contributed by atoms with van der Waals surface area (Å²) in [4.78, 5) is 10.7. The molecule has 0 aliphatic carbocycles. The number of carbonyl (C=O) groups is 1. The fraction of sp³-hybridized carbons (Fsp3) is 0.308. The van der Waals surface area contributed by atoms with Crippen LogP contribution >= 0.6 is 23.4 Å². The van der Waals surface area contributed by atoms with E-state index in [0.717, 1.165) is 23.3 Å². The van der Waals surface area contributed by atoms with Crippen molar-refractivity contribution in [1.29, 1.82) is 0 Å². The van der Waals surface area contributed by atoms with Gasteiger partial charge in [0.15, 0.2) is 5.12 Å². The maximum absolute atomic E-state index is 10.7. The van der Waals surface area contributed by atoms with Gasteiger partial charge in [0.2, 0.25) is 0 Å². The molecule has 1 nitrogen and oxygen atoms in total. The van der Waals surface area contributed by atoms with Crippen LogP contribution in [0.2, 0.25) is 0 Å². The van der Waals surface area contributed by atoms with Crippen molar-refractivity contribution in [3.63, 3.8) is 0 Å². The van der Waals surface area contributed by atoms with Crippen molar-refractivity contribution in [3.8, 4) is 11.8 Å². The molecular formula is C13H13ClOS. The smallest absolute Gasteiger partial charge is 0.185 e. The highest BCUT2D eigenvalue weighted by Gasteiger charge is 1.95. The molecule has 3 heteroatoms. The normalized spacial score (nSPS) is 9.38. The van der Waals surface area contributed by atoms with Gasteiger partial charge in [-0.25, -0.2) is 0 Å². The second-order valence-electron chi connectivity index (χ2n) is 3.18. The Hall–Kier alpha value is -0.910. The summed E-state index contributed by atoms with van der Waals surface area (Å²) in [5.74, 6) is 7.36. The third-order valence-electron chi connectivity index (χ3n) is 1.92. The minimum atomic E-state index is 0.142. The maximum atomic E-state index is 10.7. The zero-order valence-electron chi connectivity index (χ0n) is 9.13. The molecule has 0 heterocycles. The van der Waals surface area contributed by atoms with E-state index >= 15 is 0 Å². The van der Waals surface area contributed by atoms with Gasteiger partial charge >= 0.3 is 0 Å². The molecule has 1 aromatic carbocycles. The average Bonchev–Trinajstić information content (AvgIpc) is 2.29. The number of carbonyl (C=O) groups excluding carboxylic acids is 1. The van der Waals surface area contributed by atoms with Gasteiger partial charge in [-0.15, -0.1) is 11.6 Å². The van der Waals surface area contributed by atoms with Crippen LogP contribution in [-0.2, 0) is 10.7 Å². The number of rotatable bonds is 3. The Morgan fingerprint density at radius 3 is 2.88 bits per heavy atom. The monoisotopic (exact) mass is 252 g/mol. The zero-order valence-corrected chi connectivity index (χ0v) is 10.7. The molecule has 0 aromatic heterocycles. The first kappa shape index (κ1) is 13.2. The highest BCUT2D eigenvalue weighted by atomic mass is 35.5. The van der Waals surface area contributed by atoms with Crippen LogP contribution in [0.1, 0.15) is 24.5 Å². The van der Waals surface area contributed by atoms with Gasteiger partial charge in [0.05, 0.1) is 0 Å². The summed E-state index contributed by atoms with van der Waals surface area (Å²) in [5.41, 5.74) is 2.03. The second kappa shape index (κ2) is 7.38. The summed E-state index contributed by atoms with van der Waals surface area (Å²) in [6.07, 6.45) is 0.723. The fourth-order valence-corrected chi connectivity index (χ4v) is 1.89. The molecule has 0 aliphatic heterocycles. The van der Waals surface area contributed by atoms with Crippen LogP contribution in [0.25, 0.3) is 0 Å². The Kier molecular flexibility index (Phi) is 6.07. The van der Waals surface area contributed by atoms with Gasteiger partial charge in [0.25, 0.3) is 0 Å². The minimum absolute atomic E-state index is 0.142. The van der Waals surface area contributed by atoms with Crippen LogP contribution in [0.15, 0.2) is 24.3 Å².